The number of urea groups is 1. The Kier molecular flexibility index (Phi) is 8.34. The number of nitrogens with one attached hydrogen (secondary N) is 2. The van der Waals surface area contributed by atoms with Crippen LogP contribution in [0.3, 0.4) is 0 Å². The van der Waals surface area contributed by atoms with E-state index in [1.54, 1.807) is 24.3 Å². The van der Waals surface area contributed by atoms with Crippen molar-refractivity contribution in [1.29, 1.82) is 0 Å². The van der Waals surface area contributed by atoms with Crippen LogP contribution < -0.4 is 25.0 Å². The Morgan fingerprint density at radius 3 is 2.56 bits per heavy atom. The van der Waals surface area contributed by atoms with Crippen molar-refractivity contribution in [2.45, 2.75) is 6.92 Å². The first kappa shape index (κ1) is 23.0. The van der Waals surface area contributed by atoms with Gasteiger partial charge in [0.05, 0.1) is 18.3 Å². The molecule has 0 radical (unpaired) electrons. The highest BCUT2D eigenvalue weighted by molar-refractivity contribution is 6.32. The average molecular weight is 454 g/mol. The third kappa shape index (κ3) is 6.92. The number of amides is 2. The summed E-state index contributed by atoms with van der Waals surface area (Å²) < 4.78 is 16.8. The van der Waals surface area contributed by atoms with Crippen molar-refractivity contribution < 1.29 is 19.0 Å². The normalized spacial score (nSPS) is 10.6. The molecular formula is C24H24ClN3O4. The summed E-state index contributed by atoms with van der Waals surface area (Å²) in [6.45, 7) is 2.65. The van der Waals surface area contributed by atoms with Gasteiger partial charge in [0.15, 0.2) is 11.5 Å². The highest BCUT2D eigenvalue weighted by atomic mass is 35.5. The average Bonchev–Trinajstić information content (AvgIpc) is 2.78. The van der Waals surface area contributed by atoms with E-state index in [0.717, 1.165) is 11.3 Å². The molecule has 3 aromatic rings. The van der Waals surface area contributed by atoms with Crippen LogP contribution in [0.15, 0.2) is 71.8 Å². The lowest BCUT2D eigenvalue weighted by molar-refractivity contribution is 0.211. The van der Waals surface area contributed by atoms with Crippen molar-refractivity contribution in [2.24, 2.45) is 5.10 Å². The van der Waals surface area contributed by atoms with Gasteiger partial charge in [-0.2, -0.15) is 5.10 Å². The molecule has 0 aliphatic heterocycles. The Balaban J connectivity index is 1.54. The first-order valence-corrected chi connectivity index (χ1v) is 10.3. The number of benzene rings is 3. The number of rotatable bonds is 9. The van der Waals surface area contributed by atoms with E-state index in [2.05, 4.69) is 15.8 Å². The predicted molar refractivity (Wildman–Crippen MR) is 126 cm³/mol. The van der Waals surface area contributed by atoms with E-state index < -0.39 is 6.03 Å². The Labute approximate surface area is 192 Å². The Hall–Kier alpha value is -3.71. The fourth-order valence-corrected chi connectivity index (χ4v) is 3.08. The summed E-state index contributed by atoms with van der Waals surface area (Å²) >= 11 is 6.37. The van der Waals surface area contributed by atoms with Gasteiger partial charge in [-0.1, -0.05) is 41.9 Å². The van der Waals surface area contributed by atoms with Crippen LogP contribution in [-0.4, -0.2) is 32.6 Å². The van der Waals surface area contributed by atoms with Gasteiger partial charge in [0.2, 0.25) is 0 Å². The highest BCUT2D eigenvalue weighted by Crippen LogP contribution is 2.36. The molecule has 3 aromatic carbocycles. The quantitative estimate of drug-likeness (QED) is 0.263. The van der Waals surface area contributed by atoms with Crippen LogP contribution >= 0.6 is 11.6 Å². The molecule has 0 aliphatic rings. The second-order valence-corrected chi connectivity index (χ2v) is 7.14. The molecule has 2 N–H and O–H groups in total. The Bertz CT molecular complexity index is 1070. The van der Waals surface area contributed by atoms with Gasteiger partial charge in [-0.05, 0) is 54.4 Å². The van der Waals surface area contributed by atoms with Crippen molar-refractivity contribution in [3.8, 4) is 17.2 Å². The van der Waals surface area contributed by atoms with Gasteiger partial charge < -0.3 is 19.5 Å². The van der Waals surface area contributed by atoms with Gasteiger partial charge in [0, 0.05) is 5.69 Å². The topological polar surface area (TPSA) is 81.2 Å². The number of hydrazone groups is 1. The summed E-state index contributed by atoms with van der Waals surface area (Å²) in [7, 11) is 1.52. The van der Waals surface area contributed by atoms with E-state index in [0.29, 0.717) is 41.0 Å². The molecule has 32 heavy (non-hydrogen) atoms. The maximum absolute atomic E-state index is 11.9. The number of aryl methyl sites for hydroxylation is 1. The molecule has 0 spiro atoms. The minimum Gasteiger partial charge on any atom is -0.493 e. The molecule has 0 saturated carbocycles. The summed E-state index contributed by atoms with van der Waals surface area (Å²) in [6.07, 6.45) is 1.46. The summed E-state index contributed by atoms with van der Waals surface area (Å²) in [4.78, 5) is 11.9. The molecule has 0 fully saturated rings. The van der Waals surface area contributed by atoms with Gasteiger partial charge in [0.1, 0.15) is 19.0 Å². The van der Waals surface area contributed by atoms with Crippen molar-refractivity contribution in [1.82, 2.24) is 5.43 Å². The predicted octanol–water partition coefficient (Wildman–Crippen LogP) is 5.27. The van der Waals surface area contributed by atoms with Crippen LogP contribution in [0.5, 0.6) is 17.2 Å². The molecule has 0 atom stereocenters. The number of carbonyl (C=O) groups excluding carboxylic acids is 1. The van der Waals surface area contributed by atoms with Gasteiger partial charge in [-0.3, -0.25) is 0 Å². The van der Waals surface area contributed by atoms with Crippen LogP contribution in [0.4, 0.5) is 10.5 Å². The van der Waals surface area contributed by atoms with Gasteiger partial charge in [0.25, 0.3) is 0 Å². The number of halogens is 1. The van der Waals surface area contributed by atoms with Gasteiger partial charge >= 0.3 is 6.03 Å². The maximum Gasteiger partial charge on any atom is 0.339 e. The molecule has 0 aromatic heterocycles. The molecule has 0 bridgehead atoms. The SMILES string of the molecule is COc1cc(C=NNC(=O)Nc2ccccc2)cc(Cl)c1OCCOc1cccc(C)c1. The van der Waals surface area contributed by atoms with E-state index >= 15 is 0 Å². The molecule has 8 heteroatoms. The number of carbonyl (C=O) groups is 1. The zero-order valence-electron chi connectivity index (χ0n) is 17.8. The van der Waals surface area contributed by atoms with Crippen molar-refractivity contribution in [3.05, 3.63) is 82.9 Å². The molecule has 0 unspecified atom stereocenters. The second-order valence-electron chi connectivity index (χ2n) is 6.74. The molecule has 0 saturated heterocycles. The number of ether oxygens (including phenoxy) is 3. The van der Waals surface area contributed by atoms with Crippen LogP contribution in [0.2, 0.25) is 5.02 Å². The largest absolute Gasteiger partial charge is 0.493 e. The number of hydrogen-bond donors (Lipinski definition) is 2. The second kappa shape index (κ2) is 11.6. The Morgan fingerprint density at radius 2 is 1.81 bits per heavy atom. The van der Waals surface area contributed by atoms with E-state index in [9.17, 15) is 4.79 Å². The first-order valence-electron chi connectivity index (χ1n) is 9.90. The van der Waals surface area contributed by atoms with E-state index in [-0.39, 0.29) is 0 Å². The van der Waals surface area contributed by atoms with Crippen LogP contribution in [0, 0.1) is 6.92 Å². The Morgan fingerprint density at radius 1 is 1.03 bits per heavy atom. The lowest BCUT2D eigenvalue weighted by Crippen LogP contribution is -2.24. The van der Waals surface area contributed by atoms with Crippen molar-refractivity contribution in [3.63, 3.8) is 0 Å². The zero-order valence-corrected chi connectivity index (χ0v) is 18.6. The summed E-state index contributed by atoms with van der Waals surface area (Å²) in [5.74, 6) is 1.64. The maximum atomic E-state index is 11.9. The number of nitrogens with zero attached hydrogens (tertiary/aromatic N) is 1. The lowest BCUT2D eigenvalue weighted by atomic mass is 10.2. The highest BCUT2D eigenvalue weighted by Gasteiger charge is 2.12. The smallest absolute Gasteiger partial charge is 0.339 e. The fourth-order valence-electron chi connectivity index (χ4n) is 2.81. The van der Waals surface area contributed by atoms with E-state index in [1.165, 1.54) is 13.3 Å². The molecule has 166 valence electrons. The number of methoxy groups -OCH3 is 1. The third-order valence-electron chi connectivity index (χ3n) is 4.25. The van der Waals surface area contributed by atoms with E-state index in [4.69, 9.17) is 25.8 Å². The molecule has 7 nitrogen and oxygen atoms in total. The van der Waals surface area contributed by atoms with Crippen LogP contribution in [0.1, 0.15) is 11.1 Å². The summed E-state index contributed by atoms with van der Waals surface area (Å²) in [5.41, 5.74) is 4.82. The van der Waals surface area contributed by atoms with Crippen molar-refractivity contribution >= 4 is 29.5 Å². The fraction of sp³-hybridized carbons (Fsp3) is 0.167. The van der Waals surface area contributed by atoms with Crippen LogP contribution in [0.25, 0.3) is 0 Å². The third-order valence-corrected chi connectivity index (χ3v) is 4.53. The lowest BCUT2D eigenvalue weighted by Gasteiger charge is -2.14. The number of anilines is 1. The zero-order chi connectivity index (χ0) is 22.8. The molecule has 0 heterocycles. The first-order chi connectivity index (χ1) is 15.5. The van der Waals surface area contributed by atoms with Crippen molar-refractivity contribution in [2.75, 3.05) is 25.6 Å². The molecular weight excluding hydrogens is 430 g/mol. The van der Waals surface area contributed by atoms with Gasteiger partial charge in [-0.15, -0.1) is 0 Å². The standard InChI is InChI=1S/C24H24ClN3O4/c1-17-7-6-10-20(13-17)31-11-12-32-23-21(25)14-18(15-22(23)30-2)16-26-28-24(29)27-19-8-4-3-5-9-19/h3-10,13-16H,11-12H2,1-2H3,(H2,27,28,29). The summed E-state index contributed by atoms with van der Waals surface area (Å²) in [5, 5.41) is 6.96. The van der Waals surface area contributed by atoms with Crippen LogP contribution in [-0.2, 0) is 0 Å². The molecule has 3 rings (SSSR count). The molecule has 0 aliphatic carbocycles. The number of para-hydroxylation sites is 1. The minimum absolute atomic E-state index is 0.290. The summed E-state index contributed by atoms with van der Waals surface area (Å²) in [6, 6.07) is 19.8. The minimum atomic E-state index is -0.459. The monoisotopic (exact) mass is 453 g/mol. The molecule has 2 amide bonds. The van der Waals surface area contributed by atoms with E-state index in [1.807, 2.05) is 49.4 Å². The van der Waals surface area contributed by atoms with Gasteiger partial charge in [-0.25, -0.2) is 10.2 Å². The number of hydrogen-bond acceptors (Lipinski definition) is 5.